The van der Waals surface area contributed by atoms with Crippen molar-refractivity contribution in [2.45, 2.75) is 11.8 Å². The van der Waals surface area contributed by atoms with Gasteiger partial charge in [-0.25, -0.2) is 9.78 Å². The van der Waals surface area contributed by atoms with E-state index in [1.807, 2.05) is 0 Å². The molecule has 1 N–H and O–H groups in total. The maximum Gasteiger partial charge on any atom is 0.354 e. The topological polar surface area (TPSA) is 53.4 Å². The zero-order valence-electron chi connectivity index (χ0n) is 8.91. The van der Waals surface area contributed by atoms with Crippen molar-refractivity contribution in [2.24, 2.45) is 0 Å². The molecule has 1 fully saturated rings. The number of carboxylic acids is 1. The van der Waals surface area contributed by atoms with Gasteiger partial charge in [-0.15, -0.1) is 0 Å². The van der Waals surface area contributed by atoms with E-state index in [1.165, 1.54) is 12.1 Å². The quantitative estimate of drug-likeness (QED) is 0.828. The van der Waals surface area contributed by atoms with Gasteiger partial charge < -0.3 is 10.0 Å². The molecule has 0 unspecified atom stereocenters. The number of alkyl halides is 4. The highest BCUT2D eigenvalue weighted by Gasteiger charge is 2.63. The number of carbonyl (C=O) groups is 1. The minimum absolute atomic E-state index is 0.202. The van der Waals surface area contributed by atoms with Crippen LogP contribution in [-0.2, 0) is 0 Å². The Labute approximate surface area is 98.8 Å². The first-order chi connectivity index (χ1) is 8.23. The van der Waals surface area contributed by atoms with E-state index in [4.69, 9.17) is 5.11 Å². The van der Waals surface area contributed by atoms with Gasteiger partial charge in [-0.1, -0.05) is 6.07 Å². The predicted octanol–water partition coefficient (Wildman–Crippen LogP) is 1.87. The Kier molecular flexibility index (Phi) is 2.67. The van der Waals surface area contributed by atoms with Crippen LogP contribution in [0.2, 0.25) is 0 Å². The van der Waals surface area contributed by atoms with Crippen LogP contribution in [0.25, 0.3) is 0 Å². The molecule has 1 aromatic rings. The molecule has 0 radical (unpaired) electrons. The van der Waals surface area contributed by atoms with Crippen molar-refractivity contribution >= 4 is 11.8 Å². The van der Waals surface area contributed by atoms with Gasteiger partial charge in [0, 0.05) is 0 Å². The molecule has 1 saturated heterocycles. The second kappa shape index (κ2) is 3.82. The van der Waals surface area contributed by atoms with Crippen molar-refractivity contribution < 1.29 is 27.5 Å². The Morgan fingerprint density at radius 1 is 1.22 bits per heavy atom. The van der Waals surface area contributed by atoms with Crippen molar-refractivity contribution in [1.29, 1.82) is 0 Å². The zero-order valence-corrected chi connectivity index (χ0v) is 8.91. The standard InChI is InChI=1S/C10H8F4N2O2/c11-9(12)4-16(5-10(9,13)14)7-3-1-2-6(15-7)8(17)18/h1-3H,4-5H2,(H,17,18). The fraction of sp³-hybridized carbons (Fsp3) is 0.400. The molecule has 1 aromatic heterocycles. The molecule has 18 heavy (non-hydrogen) atoms. The molecule has 1 aliphatic heterocycles. The molecule has 8 heteroatoms. The van der Waals surface area contributed by atoms with Crippen LogP contribution in [-0.4, -0.2) is 41.0 Å². The van der Waals surface area contributed by atoms with E-state index in [9.17, 15) is 22.4 Å². The maximum atomic E-state index is 13.0. The van der Waals surface area contributed by atoms with Crippen LogP contribution in [0.3, 0.4) is 0 Å². The van der Waals surface area contributed by atoms with Gasteiger partial charge in [-0.2, -0.15) is 17.6 Å². The summed E-state index contributed by atoms with van der Waals surface area (Å²) in [5.74, 6) is -9.84. The van der Waals surface area contributed by atoms with Gasteiger partial charge in [0.25, 0.3) is 0 Å². The lowest BCUT2D eigenvalue weighted by molar-refractivity contribution is -0.172. The highest BCUT2D eigenvalue weighted by atomic mass is 19.3. The summed E-state index contributed by atoms with van der Waals surface area (Å²) in [7, 11) is 0. The molecule has 4 nitrogen and oxygen atoms in total. The molecule has 0 aliphatic carbocycles. The van der Waals surface area contributed by atoms with E-state index in [1.54, 1.807) is 0 Å². The minimum atomic E-state index is -4.14. The lowest BCUT2D eigenvalue weighted by Gasteiger charge is -2.15. The van der Waals surface area contributed by atoms with Gasteiger partial charge in [-0.3, -0.25) is 0 Å². The molecule has 98 valence electrons. The fourth-order valence-electron chi connectivity index (χ4n) is 1.65. The molecule has 1 aliphatic rings. The summed E-state index contributed by atoms with van der Waals surface area (Å²) >= 11 is 0. The smallest absolute Gasteiger partial charge is 0.354 e. The number of rotatable bonds is 2. The summed E-state index contributed by atoms with van der Waals surface area (Å²) in [5, 5.41) is 8.68. The number of hydrogen-bond acceptors (Lipinski definition) is 3. The molecular formula is C10H8F4N2O2. The Bertz CT molecular complexity index is 477. The summed E-state index contributed by atoms with van der Waals surface area (Å²) in [4.78, 5) is 14.9. The van der Waals surface area contributed by atoms with Gasteiger partial charge in [-0.05, 0) is 12.1 Å². The number of pyridine rings is 1. The minimum Gasteiger partial charge on any atom is -0.477 e. The SMILES string of the molecule is O=C(O)c1cccc(N2CC(F)(F)C(F)(F)C2)n1. The number of aromatic carboxylic acids is 1. The van der Waals surface area contributed by atoms with Crippen LogP contribution in [0.1, 0.15) is 10.5 Å². The van der Waals surface area contributed by atoms with E-state index in [2.05, 4.69) is 4.98 Å². The summed E-state index contributed by atoms with van der Waals surface area (Å²) < 4.78 is 51.9. The number of hydrogen-bond donors (Lipinski definition) is 1. The zero-order chi connectivity index (χ0) is 13.6. The molecule has 0 saturated carbocycles. The van der Waals surface area contributed by atoms with Crippen molar-refractivity contribution in [1.82, 2.24) is 4.98 Å². The van der Waals surface area contributed by atoms with Crippen molar-refractivity contribution in [3.8, 4) is 0 Å². The normalized spacial score (nSPS) is 21.0. The molecule has 2 heterocycles. The number of carboxylic acid groups (broad SMARTS) is 1. The van der Waals surface area contributed by atoms with Gasteiger partial charge >= 0.3 is 17.8 Å². The van der Waals surface area contributed by atoms with E-state index >= 15 is 0 Å². The van der Waals surface area contributed by atoms with Crippen LogP contribution in [0.15, 0.2) is 18.2 Å². The Hall–Kier alpha value is -1.86. The molecule has 0 atom stereocenters. The molecule has 2 rings (SSSR count). The van der Waals surface area contributed by atoms with Crippen LogP contribution >= 0.6 is 0 Å². The maximum absolute atomic E-state index is 13.0. The second-order valence-corrected chi connectivity index (χ2v) is 3.95. The number of aromatic nitrogens is 1. The number of anilines is 1. The molecule has 0 amide bonds. The largest absolute Gasteiger partial charge is 0.477 e. The molecule has 0 bridgehead atoms. The average Bonchev–Trinajstić information content (AvgIpc) is 2.48. The third-order valence-electron chi connectivity index (χ3n) is 2.59. The fourth-order valence-corrected chi connectivity index (χ4v) is 1.65. The first-order valence-corrected chi connectivity index (χ1v) is 4.94. The van der Waals surface area contributed by atoms with E-state index in [0.717, 1.165) is 6.07 Å². The van der Waals surface area contributed by atoms with Crippen LogP contribution in [0.5, 0.6) is 0 Å². The first-order valence-electron chi connectivity index (χ1n) is 4.94. The molecule has 0 spiro atoms. The third-order valence-corrected chi connectivity index (χ3v) is 2.59. The monoisotopic (exact) mass is 264 g/mol. The Balaban J connectivity index is 2.30. The lowest BCUT2D eigenvalue weighted by Crippen LogP contribution is -2.38. The second-order valence-electron chi connectivity index (χ2n) is 3.95. The number of halogens is 4. The summed E-state index contributed by atoms with van der Waals surface area (Å²) in [5.41, 5.74) is -0.383. The highest BCUT2D eigenvalue weighted by Crippen LogP contribution is 2.42. The van der Waals surface area contributed by atoms with Crippen LogP contribution < -0.4 is 4.90 Å². The summed E-state index contributed by atoms with van der Waals surface area (Å²) in [6.07, 6.45) is 0. The van der Waals surface area contributed by atoms with Crippen LogP contribution in [0, 0.1) is 0 Å². The van der Waals surface area contributed by atoms with E-state index < -0.39 is 30.9 Å². The van der Waals surface area contributed by atoms with E-state index in [0.29, 0.717) is 4.90 Å². The Morgan fingerprint density at radius 3 is 2.28 bits per heavy atom. The van der Waals surface area contributed by atoms with Gasteiger partial charge in [0.05, 0.1) is 13.1 Å². The summed E-state index contributed by atoms with van der Waals surface area (Å²) in [6.45, 7) is -2.37. The first kappa shape index (κ1) is 12.6. The predicted molar refractivity (Wildman–Crippen MR) is 53.3 cm³/mol. The molecular weight excluding hydrogens is 256 g/mol. The average molecular weight is 264 g/mol. The van der Waals surface area contributed by atoms with E-state index in [-0.39, 0.29) is 11.5 Å². The third kappa shape index (κ3) is 1.98. The van der Waals surface area contributed by atoms with Crippen molar-refractivity contribution in [3.05, 3.63) is 23.9 Å². The van der Waals surface area contributed by atoms with Crippen molar-refractivity contribution in [3.63, 3.8) is 0 Å². The highest BCUT2D eigenvalue weighted by molar-refractivity contribution is 5.85. The number of nitrogens with zero attached hydrogens (tertiary/aromatic N) is 2. The molecule has 0 aromatic carbocycles. The van der Waals surface area contributed by atoms with Crippen molar-refractivity contribution in [2.75, 3.05) is 18.0 Å². The van der Waals surface area contributed by atoms with Gasteiger partial charge in [0.2, 0.25) is 0 Å². The van der Waals surface area contributed by atoms with Gasteiger partial charge in [0.15, 0.2) is 5.69 Å². The van der Waals surface area contributed by atoms with Crippen LogP contribution in [0.4, 0.5) is 23.4 Å². The Morgan fingerprint density at radius 2 is 1.78 bits per heavy atom. The van der Waals surface area contributed by atoms with Gasteiger partial charge in [0.1, 0.15) is 5.82 Å². The lowest BCUT2D eigenvalue weighted by atomic mass is 10.2. The summed E-state index contributed by atoms with van der Waals surface area (Å²) in [6, 6.07) is 3.63.